The third-order valence-electron chi connectivity index (χ3n) is 2.75. The van der Waals surface area contributed by atoms with Crippen molar-refractivity contribution in [2.24, 2.45) is 5.92 Å². The van der Waals surface area contributed by atoms with E-state index in [4.69, 9.17) is 0 Å². The van der Waals surface area contributed by atoms with Gasteiger partial charge in [0.15, 0.2) is 0 Å². The van der Waals surface area contributed by atoms with E-state index in [2.05, 4.69) is 43.3 Å². The van der Waals surface area contributed by atoms with Gasteiger partial charge < -0.3 is 10.2 Å². The van der Waals surface area contributed by atoms with Gasteiger partial charge in [-0.05, 0) is 20.0 Å². The third kappa shape index (κ3) is 4.66. The lowest BCUT2D eigenvalue weighted by molar-refractivity contribution is 0.373. The van der Waals surface area contributed by atoms with Gasteiger partial charge in [-0.25, -0.2) is 0 Å². The minimum Gasteiger partial charge on any atom is -0.368 e. The summed E-state index contributed by atoms with van der Waals surface area (Å²) in [7, 11) is 4.15. The molecule has 0 amide bonds. The molecule has 1 unspecified atom stereocenters. The molecule has 0 aliphatic heterocycles. The zero-order valence-corrected chi connectivity index (χ0v) is 10.9. The number of aromatic nitrogens is 2. The van der Waals surface area contributed by atoms with E-state index in [0.717, 1.165) is 25.5 Å². The SMILES string of the molecule is CCC(C)CNc1ccn(CCN(C)C)n1. The average Bonchev–Trinajstić information content (AvgIpc) is 2.71. The molecule has 0 aliphatic rings. The highest BCUT2D eigenvalue weighted by molar-refractivity contribution is 5.31. The second kappa shape index (κ2) is 6.53. The number of hydrogen-bond donors (Lipinski definition) is 1. The number of nitrogens with one attached hydrogen (secondary N) is 1. The molecule has 1 atom stereocenters. The van der Waals surface area contributed by atoms with Gasteiger partial charge in [0, 0.05) is 25.4 Å². The Kier molecular flexibility index (Phi) is 5.32. The summed E-state index contributed by atoms with van der Waals surface area (Å²) < 4.78 is 1.99. The van der Waals surface area contributed by atoms with E-state index >= 15 is 0 Å². The van der Waals surface area contributed by atoms with Crippen LogP contribution in [0.4, 0.5) is 5.82 Å². The number of likely N-dealkylation sites (N-methyl/N-ethyl adjacent to an activating group) is 1. The molecular formula is C12H24N4. The summed E-state index contributed by atoms with van der Waals surface area (Å²) in [6.45, 7) is 7.42. The van der Waals surface area contributed by atoms with Gasteiger partial charge in [-0.15, -0.1) is 0 Å². The highest BCUT2D eigenvalue weighted by atomic mass is 15.3. The third-order valence-corrected chi connectivity index (χ3v) is 2.75. The summed E-state index contributed by atoms with van der Waals surface area (Å²) >= 11 is 0. The molecule has 0 saturated heterocycles. The van der Waals surface area contributed by atoms with Crippen LogP contribution < -0.4 is 5.32 Å². The summed E-state index contributed by atoms with van der Waals surface area (Å²) in [6.07, 6.45) is 3.23. The molecular weight excluding hydrogens is 200 g/mol. The maximum absolute atomic E-state index is 4.47. The van der Waals surface area contributed by atoms with E-state index in [9.17, 15) is 0 Å². The first kappa shape index (κ1) is 13.0. The van der Waals surface area contributed by atoms with Gasteiger partial charge in [-0.2, -0.15) is 5.10 Å². The molecule has 92 valence electrons. The average molecular weight is 224 g/mol. The zero-order valence-electron chi connectivity index (χ0n) is 10.9. The van der Waals surface area contributed by atoms with E-state index in [1.54, 1.807) is 0 Å². The van der Waals surface area contributed by atoms with Gasteiger partial charge in [0.25, 0.3) is 0 Å². The van der Waals surface area contributed by atoms with Crippen molar-refractivity contribution >= 4 is 5.82 Å². The molecule has 0 bridgehead atoms. The Morgan fingerprint density at radius 1 is 1.50 bits per heavy atom. The van der Waals surface area contributed by atoms with Crippen LogP contribution in [-0.4, -0.2) is 41.9 Å². The van der Waals surface area contributed by atoms with Crippen molar-refractivity contribution in [2.45, 2.75) is 26.8 Å². The Morgan fingerprint density at radius 2 is 2.25 bits per heavy atom. The van der Waals surface area contributed by atoms with Crippen molar-refractivity contribution in [3.05, 3.63) is 12.3 Å². The second-order valence-corrected chi connectivity index (χ2v) is 4.66. The topological polar surface area (TPSA) is 33.1 Å². The molecule has 1 aromatic heterocycles. The maximum Gasteiger partial charge on any atom is 0.147 e. The van der Waals surface area contributed by atoms with Gasteiger partial charge in [0.2, 0.25) is 0 Å². The molecule has 4 heteroatoms. The Labute approximate surface area is 98.6 Å². The maximum atomic E-state index is 4.47. The van der Waals surface area contributed by atoms with Gasteiger partial charge in [0.05, 0.1) is 6.54 Å². The van der Waals surface area contributed by atoms with E-state index in [1.165, 1.54) is 6.42 Å². The number of nitrogens with zero attached hydrogens (tertiary/aromatic N) is 3. The van der Waals surface area contributed by atoms with Crippen molar-refractivity contribution < 1.29 is 0 Å². The normalized spacial score (nSPS) is 13.1. The molecule has 1 heterocycles. The van der Waals surface area contributed by atoms with Gasteiger partial charge in [-0.1, -0.05) is 20.3 Å². The summed E-state index contributed by atoms with van der Waals surface area (Å²) in [4.78, 5) is 2.16. The summed E-state index contributed by atoms with van der Waals surface area (Å²) in [6, 6.07) is 2.04. The Bertz CT molecular complexity index is 293. The Morgan fingerprint density at radius 3 is 2.88 bits per heavy atom. The Hall–Kier alpha value is -1.03. The lowest BCUT2D eigenvalue weighted by atomic mass is 10.1. The van der Waals surface area contributed by atoms with Crippen LogP contribution in [0.1, 0.15) is 20.3 Å². The fraction of sp³-hybridized carbons (Fsp3) is 0.750. The predicted molar refractivity (Wildman–Crippen MR) is 68.7 cm³/mol. The Balaban J connectivity index is 2.33. The summed E-state index contributed by atoms with van der Waals surface area (Å²) in [5.74, 6) is 1.69. The molecule has 0 aromatic carbocycles. The second-order valence-electron chi connectivity index (χ2n) is 4.66. The minimum atomic E-state index is 0.701. The lowest BCUT2D eigenvalue weighted by Gasteiger charge is -2.10. The molecule has 0 aliphatic carbocycles. The van der Waals surface area contributed by atoms with Gasteiger partial charge in [0.1, 0.15) is 5.82 Å². The molecule has 1 aromatic rings. The van der Waals surface area contributed by atoms with Crippen LogP contribution in [0, 0.1) is 5.92 Å². The fourth-order valence-electron chi connectivity index (χ4n) is 1.31. The summed E-state index contributed by atoms with van der Waals surface area (Å²) in [5, 5.41) is 7.83. The van der Waals surface area contributed by atoms with Gasteiger partial charge >= 0.3 is 0 Å². The van der Waals surface area contributed by atoms with Crippen LogP contribution in [-0.2, 0) is 6.54 Å². The van der Waals surface area contributed by atoms with Crippen molar-refractivity contribution in [1.29, 1.82) is 0 Å². The van der Waals surface area contributed by atoms with E-state index in [-0.39, 0.29) is 0 Å². The van der Waals surface area contributed by atoms with Crippen molar-refractivity contribution in [1.82, 2.24) is 14.7 Å². The van der Waals surface area contributed by atoms with Crippen LogP contribution in [0.15, 0.2) is 12.3 Å². The molecule has 0 saturated carbocycles. The van der Waals surface area contributed by atoms with Gasteiger partial charge in [-0.3, -0.25) is 4.68 Å². The highest BCUT2D eigenvalue weighted by Crippen LogP contribution is 2.06. The van der Waals surface area contributed by atoms with Crippen LogP contribution >= 0.6 is 0 Å². The smallest absolute Gasteiger partial charge is 0.147 e. The first-order chi connectivity index (χ1) is 7.61. The summed E-state index contributed by atoms with van der Waals surface area (Å²) in [5.41, 5.74) is 0. The molecule has 1 N–H and O–H groups in total. The molecule has 0 fully saturated rings. The monoisotopic (exact) mass is 224 g/mol. The number of anilines is 1. The minimum absolute atomic E-state index is 0.701. The highest BCUT2D eigenvalue weighted by Gasteiger charge is 2.01. The van der Waals surface area contributed by atoms with E-state index in [1.807, 2.05) is 16.9 Å². The number of hydrogen-bond acceptors (Lipinski definition) is 3. The van der Waals surface area contributed by atoms with Crippen LogP contribution in [0.3, 0.4) is 0 Å². The van der Waals surface area contributed by atoms with E-state index < -0.39 is 0 Å². The van der Waals surface area contributed by atoms with Crippen molar-refractivity contribution in [3.63, 3.8) is 0 Å². The quantitative estimate of drug-likeness (QED) is 0.768. The van der Waals surface area contributed by atoms with Crippen molar-refractivity contribution in [2.75, 3.05) is 32.5 Å². The fourth-order valence-corrected chi connectivity index (χ4v) is 1.31. The van der Waals surface area contributed by atoms with Crippen LogP contribution in [0.5, 0.6) is 0 Å². The molecule has 1 rings (SSSR count). The molecule has 16 heavy (non-hydrogen) atoms. The van der Waals surface area contributed by atoms with Crippen LogP contribution in [0.2, 0.25) is 0 Å². The molecule has 0 spiro atoms. The standard InChI is InChI=1S/C12H24N4/c1-5-11(2)10-13-12-6-7-16(14-12)9-8-15(3)4/h6-7,11H,5,8-10H2,1-4H3,(H,13,14). The molecule has 4 nitrogen and oxygen atoms in total. The zero-order chi connectivity index (χ0) is 12.0. The molecule has 0 radical (unpaired) electrons. The first-order valence-electron chi connectivity index (χ1n) is 6.04. The van der Waals surface area contributed by atoms with Crippen LogP contribution in [0.25, 0.3) is 0 Å². The first-order valence-corrected chi connectivity index (χ1v) is 6.04. The van der Waals surface area contributed by atoms with E-state index in [0.29, 0.717) is 5.92 Å². The predicted octanol–water partition coefficient (Wildman–Crippen LogP) is 1.90. The van der Waals surface area contributed by atoms with Crippen molar-refractivity contribution in [3.8, 4) is 0 Å². The lowest BCUT2D eigenvalue weighted by Crippen LogP contribution is -2.18. The number of rotatable bonds is 7. The largest absolute Gasteiger partial charge is 0.368 e.